The third-order valence-corrected chi connectivity index (χ3v) is 7.84. The van der Waals surface area contributed by atoms with Gasteiger partial charge in [0.15, 0.2) is 0 Å². The molecule has 118 valence electrons. The van der Waals surface area contributed by atoms with E-state index in [2.05, 4.69) is 0 Å². The number of amides is 2. The minimum atomic E-state index is -3.11. The Morgan fingerprint density at radius 3 is 2.19 bits per heavy atom. The normalized spacial score (nSPS) is 33.7. The molecule has 0 radical (unpaired) electrons. The Hall–Kier alpha value is -0.820. The van der Waals surface area contributed by atoms with E-state index < -0.39 is 10.0 Å². The van der Waals surface area contributed by atoms with Crippen LogP contribution in [-0.2, 0) is 10.0 Å². The Labute approximate surface area is 126 Å². The van der Waals surface area contributed by atoms with Crippen LogP contribution in [0, 0.1) is 0 Å². The van der Waals surface area contributed by atoms with Crippen LogP contribution in [-0.4, -0.2) is 72.1 Å². The summed E-state index contributed by atoms with van der Waals surface area (Å²) in [6.07, 6.45) is 5.41. The summed E-state index contributed by atoms with van der Waals surface area (Å²) >= 11 is 0. The van der Waals surface area contributed by atoms with Crippen molar-refractivity contribution in [2.45, 2.75) is 55.9 Å². The van der Waals surface area contributed by atoms with E-state index in [-0.39, 0.29) is 23.4 Å². The van der Waals surface area contributed by atoms with E-state index in [0.717, 1.165) is 51.6 Å². The van der Waals surface area contributed by atoms with Gasteiger partial charge in [-0.1, -0.05) is 0 Å². The Morgan fingerprint density at radius 2 is 1.52 bits per heavy atom. The minimum Gasteiger partial charge on any atom is -0.325 e. The van der Waals surface area contributed by atoms with Gasteiger partial charge in [-0.3, -0.25) is 0 Å². The van der Waals surface area contributed by atoms with Crippen LogP contribution in [0.1, 0.15) is 38.5 Å². The standard InChI is InChI=1S/C14H23N3O3S/c18-14(15-7-1-2-8-15)16-9-5-13-12(16)6-10-17(13)21(19,20)11-3-4-11/h11-13H,1-10H2/t12-,13+/m1/s1. The van der Waals surface area contributed by atoms with Gasteiger partial charge in [-0.2, -0.15) is 4.31 Å². The SMILES string of the molecule is O=C(N1CCCC1)N1CC[C@H]2[C@H]1CCN2S(=O)(=O)C1CC1. The molecule has 1 aliphatic carbocycles. The number of rotatable bonds is 2. The van der Waals surface area contributed by atoms with Crippen molar-refractivity contribution in [3.8, 4) is 0 Å². The van der Waals surface area contributed by atoms with Gasteiger partial charge in [0.2, 0.25) is 10.0 Å². The molecule has 0 aromatic carbocycles. The fourth-order valence-electron chi connectivity index (χ4n) is 4.15. The second-order valence-corrected chi connectivity index (χ2v) is 8.90. The van der Waals surface area contributed by atoms with E-state index >= 15 is 0 Å². The number of likely N-dealkylation sites (tertiary alicyclic amines) is 2. The molecule has 4 rings (SSSR count). The molecule has 1 saturated carbocycles. The van der Waals surface area contributed by atoms with Crippen molar-refractivity contribution < 1.29 is 13.2 Å². The Kier molecular flexibility index (Phi) is 3.19. The van der Waals surface area contributed by atoms with Crippen molar-refractivity contribution in [2.75, 3.05) is 26.2 Å². The Balaban J connectivity index is 1.49. The molecule has 0 unspecified atom stereocenters. The van der Waals surface area contributed by atoms with Crippen LogP contribution in [0.3, 0.4) is 0 Å². The average molecular weight is 313 g/mol. The van der Waals surface area contributed by atoms with Gasteiger partial charge in [0.1, 0.15) is 0 Å². The summed E-state index contributed by atoms with van der Waals surface area (Å²) in [4.78, 5) is 16.5. The maximum absolute atomic E-state index is 12.6. The van der Waals surface area contributed by atoms with Crippen LogP contribution < -0.4 is 0 Å². The van der Waals surface area contributed by atoms with Crippen LogP contribution in [0.2, 0.25) is 0 Å². The van der Waals surface area contributed by atoms with E-state index in [9.17, 15) is 13.2 Å². The lowest BCUT2D eigenvalue weighted by Crippen LogP contribution is -2.46. The van der Waals surface area contributed by atoms with Gasteiger partial charge in [-0.15, -0.1) is 0 Å². The monoisotopic (exact) mass is 313 g/mol. The molecule has 3 heterocycles. The van der Waals surface area contributed by atoms with Crippen molar-refractivity contribution >= 4 is 16.1 Å². The molecule has 0 spiro atoms. The summed E-state index contributed by atoms with van der Waals surface area (Å²) in [7, 11) is -3.11. The lowest BCUT2D eigenvalue weighted by Gasteiger charge is -2.29. The second kappa shape index (κ2) is 4.84. The van der Waals surface area contributed by atoms with Gasteiger partial charge in [0, 0.05) is 32.2 Å². The molecule has 0 bridgehead atoms. The number of hydrogen-bond donors (Lipinski definition) is 0. The largest absolute Gasteiger partial charge is 0.325 e. The second-order valence-electron chi connectivity index (χ2n) is 6.74. The molecule has 0 aromatic heterocycles. The average Bonchev–Trinajstić information content (AvgIpc) is 2.91. The predicted octanol–water partition coefficient (Wildman–Crippen LogP) is 0.843. The first kappa shape index (κ1) is 13.8. The van der Waals surface area contributed by atoms with Crippen LogP contribution in [0.15, 0.2) is 0 Å². The summed E-state index contributed by atoms with van der Waals surface area (Å²) in [5, 5.41) is -0.139. The number of hydrogen-bond acceptors (Lipinski definition) is 3. The fourth-order valence-corrected chi connectivity index (χ4v) is 6.25. The van der Waals surface area contributed by atoms with Crippen molar-refractivity contribution in [2.24, 2.45) is 0 Å². The van der Waals surface area contributed by atoms with Crippen LogP contribution in [0.4, 0.5) is 4.79 Å². The molecular weight excluding hydrogens is 290 g/mol. The maximum Gasteiger partial charge on any atom is 0.320 e. The van der Waals surface area contributed by atoms with Crippen LogP contribution in [0.25, 0.3) is 0 Å². The molecule has 0 aromatic rings. The first-order valence-electron chi connectivity index (χ1n) is 8.15. The van der Waals surface area contributed by atoms with E-state index in [1.165, 1.54) is 0 Å². The summed E-state index contributed by atoms with van der Waals surface area (Å²) < 4.78 is 26.7. The molecule has 6 nitrogen and oxygen atoms in total. The number of carbonyl (C=O) groups excluding carboxylic acids is 1. The number of sulfonamides is 1. The predicted molar refractivity (Wildman–Crippen MR) is 78.4 cm³/mol. The lowest BCUT2D eigenvalue weighted by atomic mass is 10.1. The highest BCUT2D eigenvalue weighted by molar-refractivity contribution is 7.90. The van der Waals surface area contributed by atoms with E-state index in [1.54, 1.807) is 4.31 Å². The zero-order valence-electron chi connectivity index (χ0n) is 12.3. The van der Waals surface area contributed by atoms with Gasteiger partial charge in [0.05, 0.1) is 11.3 Å². The highest BCUT2D eigenvalue weighted by atomic mass is 32.2. The number of urea groups is 1. The van der Waals surface area contributed by atoms with Crippen LogP contribution >= 0.6 is 0 Å². The van der Waals surface area contributed by atoms with E-state index in [0.29, 0.717) is 13.1 Å². The highest BCUT2D eigenvalue weighted by Crippen LogP contribution is 2.39. The van der Waals surface area contributed by atoms with Crippen molar-refractivity contribution in [1.29, 1.82) is 0 Å². The topological polar surface area (TPSA) is 60.9 Å². The van der Waals surface area contributed by atoms with Crippen molar-refractivity contribution in [3.05, 3.63) is 0 Å². The molecular formula is C14H23N3O3S. The minimum absolute atomic E-state index is 0.0298. The number of carbonyl (C=O) groups is 1. The quantitative estimate of drug-likeness (QED) is 0.759. The lowest BCUT2D eigenvalue weighted by molar-refractivity contribution is 0.157. The first-order valence-corrected chi connectivity index (χ1v) is 9.65. The highest BCUT2D eigenvalue weighted by Gasteiger charge is 2.52. The number of nitrogens with zero attached hydrogens (tertiary/aromatic N) is 3. The van der Waals surface area contributed by atoms with Gasteiger partial charge < -0.3 is 9.80 Å². The molecule has 4 aliphatic rings. The molecule has 21 heavy (non-hydrogen) atoms. The van der Waals surface area contributed by atoms with E-state index in [1.807, 2.05) is 9.80 Å². The summed E-state index contributed by atoms with van der Waals surface area (Å²) in [5.41, 5.74) is 0. The first-order chi connectivity index (χ1) is 10.1. The smallest absolute Gasteiger partial charge is 0.320 e. The van der Waals surface area contributed by atoms with E-state index in [4.69, 9.17) is 0 Å². The zero-order valence-corrected chi connectivity index (χ0v) is 13.1. The zero-order chi connectivity index (χ0) is 14.6. The van der Waals surface area contributed by atoms with Crippen molar-refractivity contribution in [3.63, 3.8) is 0 Å². The molecule has 3 aliphatic heterocycles. The third kappa shape index (κ3) is 2.16. The Bertz CT molecular complexity index is 540. The number of fused-ring (bicyclic) bond motifs is 1. The molecule has 0 N–H and O–H groups in total. The van der Waals surface area contributed by atoms with Crippen molar-refractivity contribution in [1.82, 2.24) is 14.1 Å². The molecule has 2 atom stereocenters. The molecule has 2 amide bonds. The summed E-state index contributed by atoms with van der Waals surface area (Å²) in [6, 6.07) is 0.263. The summed E-state index contributed by atoms with van der Waals surface area (Å²) in [6.45, 7) is 3.02. The van der Waals surface area contributed by atoms with Gasteiger partial charge in [0.25, 0.3) is 0 Å². The fraction of sp³-hybridized carbons (Fsp3) is 0.929. The molecule has 7 heteroatoms. The maximum atomic E-state index is 12.6. The third-order valence-electron chi connectivity index (χ3n) is 5.42. The van der Waals surface area contributed by atoms with Gasteiger partial charge >= 0.3 is 6.03 Å². The molecule has 3 saturated heterocycles. The Morgan fingerprint density at radius 1 is 0.857 bits per heavy atom. The van der Waals surface area contributed by atoms with Gasteiger partial charge in [-0.05, 0) is 38.5 Å². The molecule has 4 fully saturated rings. The van der Waals surface area contributed by atoms with Gasteiger partial charge in [-0.25, -0.2) is 13.2 Å². The van der Waals surface area contributed by atoms with Crippen LogP contribution in [0.5, 0.6) is 0 Å². The summed E-state index contributed by atoms with van der Waals surface area (Å²) in [5.74, 6) is 0.